The average Bonchev–Trinajstić information content (AvgIpc) is 1.83. The quantitative estimate of drug-likeness (QED) is 0.446. The van der Waals surface area contributed by atoms with Crippen molar-refractivity contribution in [3.05, 3.63) is 0 Å². The SMILES string of the molecule is CCCNC(=O)CC.[Na+]. The number of nitrogens with one attached hydrogen (secondary N) is 1. The average molecular weight is 138 g/mol. The van der Waals surface area contributed by atoms with Gasteiger partial charge >= 0.3 is 29.6 Å². The molecule has 0 radical (unpaired) electrons. The summed E-state index contributed by atoms with van der Waals surface area (Å²) in [6.07, 6.45) is 1.62. The number of hydrogen-bond donors (Lipinski definition) is 1. The molecule has 48 valence electrons. The fourth-order valence-electron chi connectivity index (χ4n) is 0.389. The predicted molar refractivity (Wildman–Crippen MR) is 33.6 cm³/mol. The summed E-state index contributed by atoms with van der Waals surface area (Å²) in [5.74, 6) is 0.145. The molecule has 1 N–H and O–H groups in total. The molecule has 1 amide bonds. The van der Waals surface area contributed by atoms with E-state index >= 15 is 0 Å². The normalized spacial score (nSPS) is 7.78. The number of rotatable bonds is 3. The Morgan fingerprint density at radius 2 is 2.00 bits per heavy atom. The zero-order valence-electron chi connectivity index (χ0n) is 6.53. The molecule has 0 atom stereocenters. The minimum absolute atomic E-state index is 0. The molecule has 0 aliphatic rings. The molecule has 0 unspecified atom stereocenters. The van der Waals surface area contributed by atoms with E-state index in [4.69, 9.17) is 0 Å². The Hall–Kier alpha value is 0.470. The van der Waals surface area contributed by atoms with Crippen LogP contribution in [0.5, 0.6) is 0 Å². The molecule has 2 nitrogen and oxygen atoms in total. The Morgan fingerprint density at radius 3 is 2.33 bits per heavy atom. The molecule has 0 aromatic heterocycles. The van der Waals surface area contributed by atoms with E-state index in [0.29, 0.717) is 6.42 Å². The second-order valence-corrected chi connectivity index (χ2v) is 1.70. The molecule has 0 aromatic rings. The van der Waals surface area contributed by atoms with Crippen molar-refractivity contribution in [2.75, 3.05) is 6.54 Å². The maximum absolute atomic E-state index is 10.5. The van der Waals surface area contributed by atoms with Crippen LogP contribution in [0, 0.1) is 0 Å². The van der Waals surface area contributed by atoms with E-state index in [2.05, 4.69) is 5.32 Å². The van der Waals surface area contributed by atoms with Crippen LogP contribution in [-0.4, -0.2) is 12.5 Å². The van der Waals surface area contributed by atoms with E-state index in [1.165, 1.54) is 0 Å². The van der Waals surface area contributed by atoms with E-state index in [-0.39, 0.29) is 35.5 Å². The summed E-state index contributed by atoms with van der Waals surface area (Å²) in [4.78, 5) is 10.5. The van der Waals surface area contributed by atoms with Gasteiger partial charge in [0.05, 0.1) is 0 Å². The third kappa shape index (κ3) is 8.47. The molecule has 0 fully saturated rings. The summed E-state index contributed by atoms with van der Waals surface area (Å²) in [6, 6.07) is 0. The van der Waals surface area contributed by atoms with Crippen molar-refractivity contribution in [1.29, 1.82) is 0 Å². The first kappa shape index (κ1) is 12.2. The van der Waals surface area contributed by atoms with Gasteiger partial charge in [-0.3, -0.25) is 4.79 Å². The summed E-state index contributed by atoms with van der Waals surface area (Å²) in [5.41, 5.74) is 0. The molecule has 0 aliphatic carbocycles. The standard InChI is InChI=1S/C6H13NO.Na/c1-3-5-7-6(8)4-2;/h3-5H2,1-2H3,(H,7,8);/q;+1. The Labute approximate surface area is 78.7 Å². The van der Waals surface area contributed by atoms with Crippen LogP contribution < -0.4 is 34.9 Å². The van der Waals surface area contributed by atoms with E-state index < -0.39 is 0 Å². The summed E-state index contributed by atoms with van der Waals surface area (Å²) < 4.78 is 0. The number of hydrogen-bond acceptors (Lipinski definition) is 1. The van der Waals surface area contributed by atoms with Gasteiger partial charge < -0.3 is 5.32 Å². The van der Waals surface area contributed by atoms with Crippen molar-refractivity contribution in [3.63, 3.8) is 0 Å². The van der Waals surface area contributed by atoms with Crippen LogP contribution in [-0.2, 0) is 4.79 Å². The first-order valence-electron chi connectivity index (χ1n) is 3.08. The van der Waals surface area contributed by atoms with Gasteiger partial charge in [-0.1, -0.05) is 13.8 Å². The van der Waals surface area contributed by atoms with Gasteiger partial charge in [0.2, 0.25) is 5.91 Å². The van der Waals surface area contributed by atoms with Gasteiger partial charge in [0.25, 0.3) is 0 Å². The summed E-state index contributed by atoms with van der Waals surface area (Å²) in [5, 5.41) is 2.74. The zero-order valence-corrected chi connectivity index (χ0v) is 8.53. The number of amides is 1. The monoisotopic (exact) mass is 138 g/mol. The molecular formula is C6H13NNaO+. The topological polar surface area (TPSA) is 29.1 Å². The predicted octanol–water partition coefficient (Wildman–Crippen LogP) is -2.07. The second-order valence-electron chi connectivity index (χ2n) is 1.70. The third-order valence-electron chi connectivity index (χ3n) is 0.893. The van der Waals surface area contributed by atoms with Gasteiger partial charge in [-0.25, -0.2) is 0 Å². The Kier molecular flexibility index (Phi) is 11.5. The molecule has 0 saturated carbocycles. The number of carbonyl (C=O) groups is 1. The van der Waals surface area contributed by atoms with Crippen LogP contribution in [0.15, 0.2) is 0 Å². The van der Waals surface area contributed by atoms with Crippen molar-refractivity contribution in [2.24, 2.45) is 0 Å². The van der Waals surface area contributed by atoms with Crippen molar-refractivity contribution >= 4 is 5.91 Å². The van der Waals surface area contributed by atoms with Crippen molar-refractivity contribution in [3.8, 4) is 0 Å². The molecule has 0 saturated heterocycles. The van der Waals surface area contributed by atoms with Gasteiger partial charge in [0.15, 0.2) is 0 Å². The molecule has 0 aromatic carbocycles. The van der Waals surface area contributed by atoms with Gasteiger partial charge in [-0.2, -0.15) is 0 Å². The van der Waals surface area contributed by atoms with Crippen molar-refractivity contribution < 1.29 is 34.4 Å². The smallest absolute Gasteiger partial charge is 0.356 e. The molecule has 0 aliphatic heterocycles. The Bertz CT molecular complexity index is 75.5. The molecule has 3 heteroatoms. The van der Waals surface area contributed by atoms with Crippen LogP contribution in [0.25, 0.3) is 0 Å². The minimum atomic E-state index is 0. The molecular weight excluding hydrogens is 125 g/mol. The molecule has 0 spiro atoms. The Morgan fingerprint density at radius 1 is 1.44 bits per heavy atom. The fraction of sp³-hybridized carbons (Fsp3) is 0.833. The first-order valence-corrected chi connectivity index (χ1v) is 3.08. The van der Waals surface area contributed by atoms with Crippen LogP contribution in [0.1, 0.15) is 26.7 Å². The Balaban J connectivity index is 0. The van der Waals surface area contributed by atoms with E-state index in [9.17, 15) is 4.79 Å². The largest absolute Gasteiger partial charge is 1.00 e. The van der Waals surface area contributed by atoms with Gasteiger partial charge in [0.1, 0.15) is 0 Å². The van der Waals surface area contributed by atoms with Gasteiger partial charge in [-0.05, 0) is 6.42 Å². The summed E-state index contributed by atoms with van der Waals surface area (Å²) in [7, 11) is 0. The van der Waals surface area contributed by atoms with Gasteiger partial charge in [-0.15, -0.1) is 0 Å². The van der Waals surface area contributed by atoms with Crippen LogP contribution in [0.3, 0.4) is 0 Å². The maximum atomic E-state index is 10.5. The van der Waals surface area contributed by atoms with Crippen LogP contribution >= 0.6 is 0 Å². The second kappa shape index (κ2) is 8.47. The van der Waals surface area contributed by atoms with Crippen LogP contribution in [0.2, 0.25) is 0 Å². The molecule has 9 heavy (non-hydrogen) atoms. The fourth-order valence-corrected chi connectivity index (χ4v) is 0.389. The first-order chi connectivity index (χ1) is 3.81. The molecule has 0 heterocycles. The van der Waals surface area contributed by atoms with Crippen molar-refractivity contribution in [1.82, 2.24) is 5.32 Å². The number of carbonyl (C=O) groups excluding carboxylic acids is 1. The van der Waals surface area contributed by atoms with E-state index in [0.717, 1.165) is 13.0 Å². The maximum Gasteiger partial charge on any atom is 1.00 e. The minimum Gasteiger partial charge on any atom is -0.356 e. The van der Waals surface area contributed by atoms with E-state index in [1.54, 1.807) is 0 Å². The summed E-state index contributed by atoms with van der Waals surface area (Å²) >= 11 is 0. The molecule has 0 bridgehead atoms. The zero-order chi connectivity index (χ0) is 6.41. The molecule has 0 rings (SSSR count). The van der Waals surface area contributed by atoms with Crippen molar-refractivity contribution in [2.45, 2.75) is 26.7 Å². The third-order valence-corrected chi connectivity index (χ3v) is 0.893. The van der Waals surface area contributed by atoms with Crippen LogP contribution in [0.4, 0.5) is 0 Å². The summed E-state index contributed by atoms with van der Waals surface area (Å²) in [6.45, 7) is 4.70. The van der Waals surface area contributed by atoms with E-state index in [1.807, 2.05) is 13.8 Å². The van der Waals surface area contributed by atoms with Gasteiger partial charge in [0, 0.05) is 13.0 Å².